The van der Waals surface area contributed by atoms with E-state index in [9.17, 15) is 45.3 Å². The van der Waals surface area contributed by atoms with Crippen molar-refractivity contribution >= 4 is 11.9 Å². The van der Waals surface area contributed by atoms with Gasteiger partial charge in [-0.25, -0.2) is 0 Å². The number of esters is 2. The van der Waals surface area contributed by atoms with E-state index in [1.165, 1.54) is 109 Å². The van der Waals surface area contributed by atoms with Gasteiger partial charge in [-0.05, 0) is 51.4 Å². The van der Waals surface area contributed by atoms with Crippen molar-refractivity contribution in [1.82, 2.24) is 0 Å². The maximum absolute atomic E-state index is 13.0. The topological polar surface area (TPSA) is 231 Å². The zero-order valence-electron chi connectivity index (χ0n) is 40.5. The van der Waals surface area contributed by atoms with E-state index in [1.807, 2.05) is 6.08 Å². The van der Waals surface area contributed by atoms with Crippen LogP contribution < -0.4 is 0 Å². The number of hydrogen-bond donors (Lipinski definition) is 7. The van der Waals surface area contributed by atoms with Crippen LogP contribution in [-0.4, -0.2) is 142 Å². The lowest BCUT2D eigenvalue weighted by molar-refractivity contribution is -0.332. The molecule has 66 heavy (non-hydrogen) atoms. The van der Waals surface area contributed by atoms with Crippen LogP contribution in [-0.2, 0) is 38.0 Å². The number of carbonyl (C=O) groups excluding carboxylic acids is 2. The fraction of sp³-hybridized carbons (Fsp3) is 0.882. The first kappa shape index (κ1) is 60.1. The molecule has 0 amide bonds. The molecule has 0 radical (unpaired) electrons. The Hall–Kier alpha value is -2.02. The Kier molecular flexibility index (Phi) is 35.3. The summed E-state index contributed by atoms with van der Waals surface area (Å²) >= 11 is 0. The second-order valence-electron chi connectivity index (χ2n) is 18.4. The Morgan fingerprint density at radius 2 is 0.939 bits per heavy atom. The summed E-state index contributed by atoms with van der Waals surface area (Å²) in [6.07, 6.45) is 21.0. The third kappa shape index (κ3) is 26.7. The summed E-state index contributed by atoms with van der Waals surface area (Å²) in [6, 6.07) is 0. The third-order valence-electron chi connectivity index (χ3n) is 12.5. The molecule has 4 unspecified atom stereocenters. The molecular weight excluding hydrogens is 853 g/mol. The number of carbonyl (C=O) groups is 2. The molecule has 15 heteroatoms. The normalized spacial score (nSPS) is 26.1. The van der Waals surface area contributed by atoms with E-state index in [0.717, 1.165) is 51.4 Å². The maximum Gasteiger partial charge on any atom is 0.306 e. The van der Waals surface area contributed by atoms with E-state index in [2.05, 4.69) is 25.7 Å². The van der Waals surface area contributed by atoms with Crippen molar-refractivity contribution in [2.45, 2.75) is 261 Å². The number of unbranched alkanes of at least 4 members (excludes halogenated alkanes) is 24. The second-order valence-corrected chi connectivity index (χ2v) is 18.4. The van der Waals surface area contributed by atoms with E-state index in [-0.39, 0.29) is 26.1 Å². The quantitative estimate of drug-likeness (QED) is 0.0183. The maximum atomic E-state index is 13.0. The molecule has 2 aliphatic heterocycles. The van der Waals surface area contributed by atoms with Gasteiger partial charge in [0.1, 0.15) is 55.4 Å². The summed E-state index contributed by atoms with van der Waals surface area (Å²) in [5.41, 5.74) is 0. The molecule has 0 spiro atoms. The Labute approximate surface area is 396 Å². The molecule has 2 fully saturated rings. The molecule has 2 aliphatic rings. The van der Waals surface area contributed by atoms with Crippen molar-refractivity contribution in [3.63, 3.8) is 0 Å². The zero-order valence-corrected chi connectivity index (χ0v) is 40.5. The molecule has 11 atom stereocenters. The van der Waals surface area contributed by atoms with Crippen molar-refractivity contribution in [3.8, 4) is 0 Å². The number of allylic oxidation sites excluding steroid dienone is 3. The van der Waals surface area contributed by atoms with Crippen molar-refractivity contribution in [2.75, 3.05) is 26.4 Å². The molecule has 2 rings (SSSR count). The number of aliphatic hydroxyl groups excluding tert-OH is 7. The molecule has 2 saturated heterocycles. The molecule has 0 aromatic heterocycles. The Morgan fingerprint density at radius 3 is 1.45 bits per heavy atom. The Morgan fingerprint density at radius 1 is 0.515 bits per heavy atom. The predicted octanol–water partition coefficient (Wildman–Crippen LogP) is 7.16. The molecule has 2 heterocycles. The van der Waals surface area contributed by atoms with E-state index in [1.54, 1.807) is 0 Å². The lowest BCUT2D eigenvalue weighted by Gasteiger charge is -2.42. The summed E-state index contributed by atoms with van der Waals surface area (Å²) in [4.78, 5) is 25.7. The smallest absolute Gasteiger partial charge is 0.306 e. The lowest BCUT2D eigenvalue weighted by atomic mass is 9.98. The van der Waals surface area contributed by atoms with E-state index in [4.69, 9.17) is 28.4 Å². The van der Waals surface area contributed by atoms with Crippen LogP contribution in [0.15, 0.2) is 24.8 Å². The minimum Gasteiger partial charge on any atom is -0.462 e. The lowest BCUT2D eigenvalue weighted by Crippen LogP contribution is -2.61. The van der Waals surface area contributed by atoms with Gasteiger partial charge in [0, 0.05) is 12.8 Å². The van der Waals surface area contributed by atoms with Crippen LogP contribution in [0.4, 0.5) is 0 Å². The minimum atomic E-state index is -1.77. The van der Waals surface area contributed by atoms with Gasteiger partial charge in [-0.15, -0.1) is 6.58 Å². The number of rotatable bonds is 41. The zero-order chi connectivity index (χ0) is 48.2. The van der Waals surface area contributed by atoms with Gasteiger partial charge in [0.25, 0.3) is 0 Å². The summed E-state index contributed by atoms with van der Waals surface area (Å²) < 4.78 is 33.6. The molecule has 15 nitrogen and oxygen atoms in total. The summed E-state index contributed by atoms with van der Waals surface area (Å²) in [6.45, 7) is 4.11. The van der Waals surface area contributed by atoms with Crippen LogP contribution in [0.3, 0.4) is 0 Å². The molecule has 0 aliphatic carbocycles. The minimum absolute atomic E-state index is 0.146. The highest BCUT2D eigenvalue weighted by molar-refractivity contribution is 5.70. The predicted molar refractivity (Wildman–Crippen MR) is 252 cm³/mol. The number of hydrogen-bond acceptors (Lipinski definition) is 15. The Balaban J connectivity index is 1.81. The monoisotopic (exact) mass is 945 g/mol. The molecule has 0 saturated carbocycles. The fourth-order valence-corrected chi connectivity index (χ4v) is 8.25. The SMILES string of the molecule is C=CCCCCCCCCCCCCCCCC(=O)OC[C@H](CO[C@@H]1O[C@H](CO[C@@H]2O[C@H](CO)[C@H](O)C(O)C2O)[C@H](O)C(O)C1O)OC(=O)CCCCC/C=C/CCCCCCCCCC. The molecule has 0 aromatic carbocycles. The molecule has 0 aromatic rings. The highest BCUT2D eigenvalue weighted by Crippen LogP contribution is 2.26. The van der Waals surface area contributed by atoms with E-state index in [0.29, 0.717) is 12.8 Å². The van der Waals surface area contributed by atoms with E-state index < -0.39 is 92.7 Å². The molecule has 386 valence electrons. The molecule has 7 N–H and O–H groups in total. The van der Waals surface area contributed by atoms with Crippen LogP contribution in [0.1, 0.15) is 193 Å². The Bertz CT molecular complexity index is 1240. The van der Waals surface area contributed by atoms with Gasteiger partial charge in [-0.3, -0.25) is 9.59 Å². The van der Waals surface area contributed by atoms with Crippen molar-refractivity contribution in [2.24, 2.45) is 0 Å². The van der Waals surface area contributed by atoms with Crippen LogP contribution in [0, 0.1) is 0 Å². The molecular formula is C51H92O15. The first-order valence-corrected chi connectivity index (χ1v) is 25.9. The van der Waals surface area contributed by atoms with E-state index >= 15 is 0 Å². The summed E-state index contributed by atoms with van der Waals surface area (Å²) in [7, 11) is 0. The summed E-state index contributed by atoms with van der Waals surface area (Å²) in [5.74, 6) is -0.940. The van der Waals surface area contributed by atoms with Crippen LogP contribution in [0.5, 0.6) is 0 Å². The van der Waals surface area contributed by atoms with Crippen molar-refractivity contribution in [3.05, 3.63) is 24.8 Å². The second kappa shape index (κ2) is 38.8. The number of aliphatic hydroxyl groups is 7. The van der Waals surface area contributed by atoms with Gasteiger partial charge in [-0.2, -0.15) is 0 Å². The van der Waals surface area contributed by atoms with Gasteiger partial charge in [0.15, 0.2) is 18.7 Å². The molecule has 0 bridgehead atoms. The standard InChI is InChI=1S/C51H92O15/c1-3-5-7-9-11-13-15-17-19-21-23-25-27-29-31-33-42(53)61-36-39(64-43(54)34-32-30-28-26-24-22-20-18-16-14-12-10-8-6-4-2)37-62-50-49(60)47(58)45(56)41(66-50)38-63-51-48(59)46(57)44(55)40(35-52)65-51/h3,22,24,39-41,44-52,55-60H,1,4-21,23,25-38H2,2H3/b24-22+/t39-,40-,41-,44+,45+,46?,47?,48?,49?,50-,51-/m1/s1. The van der Waals surface area contributed by atoms with Crippen LogP contribution >= 0.6 is 0 Å². The van der Waals surface area contributed by atoms with Crippen molar-refractivity contribution in [1.29, 1.82) is 0 Å². The van der Waals surface area contributed by atoms with Crippen LogP contribution in [0.2, 0.25) is 0 Å². The van der Waals surface area contributed by atoms with Gasteiger partial charge in [0.05, 0.1) is 19.8 Å². The van der Waals surface area contributed by atoms with Gasteiger partial charge >= 0.3 is 11.9 Å². The fourth-order valence-electron chi connectivity index (χ4n) is 8.25. The van der Waals surface area contributed by atoms with Gasteiger partial charge in [-0.1, -0.05) is 147 Å². The van der Waals surface area contributed by atoms with Gasteiger partial charge in [0.2, 0.25) is 0 Å². The number of ether oxygens (including phenoxy) is 6. The highest BCUT2D eigenvalue weighted by Gasteiger charge is 2.47. The largest absolute Gasteiger partial charge is 0.462 e. The first-order chi connectivity index (χ1) is 32.0. The summed E-state index contributed by atoms with van der Waals surface area (Å²) in [5, 5.41) is 72.0. The highest BCUT2D eigenvalue weighted by atomic mass is 16.7. The van der Waals surface area contributed by atoms with Crippen LogP contribution in [0.25, 0.3) is 0 Å². The first-order valence-electron chi connectivity index (χ1n) is 25.9. The average molecular weight is 945 g/mol. The van der Waals surface area contributed by atoms with Crippen molar-refractivity contribution < 1.29 is 73.8 Å². The van der Waals surface area contributed by atoms with Gasteiger partial charge < -0.3 is 64.2 Å². The third-order valence-corrected chi connectivity index (χ3v) is 12.5. The average Bonchev–Trinajstić information content (AvgIpc) is 3.31.